The maximum absolute atomic E-state index is 12.2. The Bertz CT molecular complexity index is 762. The van der Waals surface area contributed by atoms with Gasteiger partial charge in [0.25, 0.3) is 0 Å². The van der Waals surface area contributed by atoms with Gasteiger partial charge >= 0.3 is 6.09 Å². The van der Waals surface area contributed by atoms with Gasteiger partial charge in [0, 0.05) is 30.5 Å². The van der Waals surface area contributed by atoms with E-state index in [4.69, 9.17) is 9.47 Å². The first-order chi connectivity index (χ1) is 11.9. The first-order valence-corrected chi connectivity index (χ1v) is 8.64. The van der Waals surface area contributed by atoms with Gasteiger partial charge in [-0.2, -0.15) is 0 Å². The molecule has 0 bridgehead atoms. The van der Waals surface area contributed by atoms with E-state index in [0.29, 0.717) is 19.0 Å². The molecule has 0 unspecified atom stereocenters. The summed E-state index contributed by atoms with van der Waals surface area (Å²) < 4.78 is 10.7. The normalized spacial score (nSPS) is 16.1. The number of hydrogen-bond acceptors (Lipinski definition) is 5. The highest BCUT2D eigenvalue weighted by molar-refractivity contribution is 5.82. The molecule has 1 fully saturated rings. The lowest BCUT2D eigenvalue weighted by Crippen LogP contribution is -2.41. The summed E-state index contributed by atoms with van der Waals surface area (Å²) in [4.78, 5) is 22.9. The van der Waals surface area contributed by atoms with E-state index in [1.807, 2.05) is 39.0 Å². The Labute approximate surface area is 148 Å². The Morgan fingerprint density at radius 1 is 1.20 bits per heavy atom. The van der Waals surface area contributed by atoms with Crippen LogP contribution in [-0.4, -0.2) is 46.8 Å². The third-order valence-corrected chi connectivity index (χ3v) is 4.41. The van der Waals surface area contributed by atoms with Gasteiger partial charge in [-0.05, 0) is 45.7 Å². The van der Waals surface area contributed by atoms with E-state index in [1.54, 1.807) is 18.3 Å². The van der Waals surface area contributed by atoms with Gasteiger partial charge in [-0.15, -0.1) is 0 Å². The van der Waals surface area contributed by atoms with Crippen LogP contribution in [0, 0.1) is 0 Å². The molecular weight excluding hydrogens is 318 g/mol. The van der Waals surface area contributed by atoms with Crippen molar-refractivity contribution in [3.63, 3.8) is 0 Å². The number of carbonyl (C=O) groups excluding carboxylic acids is 1. The van der Waals surface area contributed by atoms with Crippen molar-refractivity contribution in [2.75, 3.05) is 20.2 Å². The number of benzene rings is 1. The molecule has 2 heterocycles. The number of carbonyl (C=O) groups is 1. The van der Waals surface area contributed by atoms with Crippen LogP contribution >= 0.6 is 0 Å². The molecule has 2 aromatic rings. The predicted octanol–water partition coefficient (Wildman–Crippen LogP) is 3.75. The van der Waals surface area contributed by atoms with E-state index in [9.17, 15) is 4.79 Å². The highest BCUT2D eigenvalue weighted by Crippen LogP contribution is 2.32. The first-order valence-electron chi connectivity index (χ1n) is 8.64. The van der Waals surface area contributed by atoms with Crippen molar-refractivity contribution in [2.24, 2.45) is 0 Å². The van der Waals surface area contributed by atoms with Crippen molar-refractivity contribution in [3.8, 4) is 5.75 Å². The van der Waals surface area contributed by atoms with Crippen LogP contribution in [0.25, 0.3) is 10.9 Å². The second kappa shape index (κ2) is 6.86. The van der Waals surface area contributed by atoms with Crippen LogP contribution in [-0.2, 0) is 4.74 Å². The SMILES string of the molecule is COc1ccc2c(C3CCN(C(=O)OC(C)(C)C)CC3)ncnc2c1. The zero-order valence-corrected chi connectivity index (χ0v) is 15.3. The number of rotatable bonds is 2. The van der Waals surface area contributed by atoms with E-state index in [1.165, 1.54) is 0 Å². The number of ether oxygens (including phenoxy) is 2. The smallest absolute Gasteiger partial charge is 0.410 e. The third-order valence-electron chi connectivity index (χ3n) is 4.41. The fraction of sp³-hybridized carbons (Fsp3) is 0.526. The summed E-state index contributed by atoms with van der Waals surface area (Å²) in [5.74, 6) is 1.11. The molecule has 0 aliphatic carbocycles. The number of amides is 1. The molecule has 1 aliphatic heterocycles. The molecule has 3 rings (SSSR count). The van der Waals surface area contributed by atoms with Crippen LogP contribution < -0.4 is 4.74 Å². The third kappa shape index (κ3) is 4.00. The molecule has 134 valence electrons. The van der Waals surface area contributed by atoms with Crippen molar-refractivity contribution >= 4 is 17.0 Å². The predicted molar refractivity (Wildman–Crippen MR) is 95.9 cm³/mol. The molecule has 1 aromatic heterocycles. The Morgan fingerprint density at radius 3 is 2.56 bits per heavy atom. The van der Waals surface area contributed by atoms with E-state index >= 15 is 0 Å². The number of aromatic nitrogens is 2. The fourth-order valence-electron chi connectivity index (χ4n) is 3.17. The van der Waals surface area contributed by atoms with Gasteiger partial charge in [0.2, 0.25) is 0 Å². The van der Waals surface area contributed by atoms with E-state index in [0.717, 1.165) is 35.2 Å². The summed E-state index contributed by atoms with van der Waals surface area (Å²) in [5.41, 5.74) is 1.48. The molecule has 0 atom stereocenters. The molecule has 0 spiro atoms. The topological polar surface area (TPSA) is 64.5 Å². The summed E-state index contributed by atoms with van der Waals surface area (Å²) in [6, 6.07) is 5.88. The molecule has 1 aliphatic rings. The highest BCUT2D eigenvalue weighted by atomic mass is 16.6. The number of fused-ring (bicyclic) bond motifs is 1. The number of methoxy groups -OCH3 is 1. The monoisotopic (exact) mass is 343 g/mol. The van der Waals surface area contributed by atoms with Crippen molar-refractivity contribution < 1.29 is 14.3 Å². The quantitative estimate of drug-likeness (QED) is 0.831. The Balaban J connectivity index is 1.73. The highest BCUT2D eigenvalue weighted by Gasteiger charge is 2.28. The minimum atomic E-state index is -0.462. The van der Waals surface area contributed by atoms with E-state index in [-0.39, 0.29) is 6.09 Å². The lowest BCUT2D eigenvalue weighted by molar-refractivity contribution is 0.0204. The lowest BCUT2D eigenvalue weighted by atomic mass is 9.91. The van der Waals surface area contributed by atoms with Gasteiger partial charge < -0.3 is 14.4 Å². The standard InChI is InChI=1S/C19H25N3O3/c1-19(2,3)25-18(23)22-9-7-13(8-10-22)17-15-6-5-14(24-4)11-16(15)20-12-21-17/h5-6,11-13H,7-10H2,1-4H3. The van der Waals surface area contributed by atoms with Crippen molar-refractivity contribution in [2.45, 2.75) is 45.1 Å². The maximum Gasteiger partial charge on any atom is 0.410 e. The molecule has 0 saturated carbocycles. The zero-order valence-electron chi connectivity index (χ0n) is 15.3. The summed E-state index contributed by atoms with van der Waals surface area (Å²) in [5, 5.41) is 1.05. The van der Waals surface area contributed by atoms with Gasteiger partial charge in [-0.25, -0.2) is 14.8 Å². The summed E-state index contributed by atoms with van der Waals surface area (Å²) in [7, 11) is 1.65. The van der Waals surface area contributed by atoms with Crippen molar-refractivity contribution in [3.05, 3.63) is 30.2 Å². The number of likely N-dealkylation sites (tertiary alicyclic amines) is 1. The van der Waals surface area contributed by atoms with E-state index in [2.05, 4.69) is 9.97 Å². The zero-order chi connectivity index (χ0) is 18.0. The maximum atomic E-state index is 12.2. The molecule has 1 amide bonds. The van der Waals surface area contributed by atoms with Gasteiger partial charge in [0.05, 0.1) is 18.3 Å². The number of hydrogen-bond donors (Lipinski definition) is 0. The first kappa shape index (κ1) is 17.5. The molecule has 0 radical (unpaired) electrons. The average Bonchev–Trinajstić information content (AvgIpc) is 2.59. The van der Waals surface area contributed by atoms with Gasteiger partial charge in [0.15, 0.2) is 0 Å². The van der Waals surface area contributed by atoms with Crippen LogP contribution in [0.1, 0.15) is 45.2 Å². The molecular formula is C19H25N3O3. The van der Waals surface area contributed by atoms with E-state index < -0.39 is 5.60 Å². The van der Waals surface area contributed by atoms with Gasteiger partial charge in [0.1, 0.15) is 17.7 Å². The summed E-state index contributed by atoms with van der Waals surface area (Å²) in [6.45, 7) is 7.03. The Kier molecular flexibility index (Phi) is 4.79. The van der Waals surface area contributed by atoms with Gasteiger partial charge in [-0.3, -0.25) is 0 Å². The molecule has 0 N–H and O–H groups in total. The number of nitrogens with zero attached hydrogens (tertiary/aromatic N) is 3. The molecule has 1 aromatic carbocycles. The minimum Gasteiger partial charge on any atom is -0.497 e. The fourth-order valence-corrected chi connectivity index (χ4v) is 3.17. The van der Waals surface area contributed by atoms with Crippen molar-refractivity contribution in [1.82, 2.24) is 14.9 Å². The lowest BCUT2D eigenvalue weighted by Gasteiger charge is -2.33. The molecule has 6 heteroatoms. The molecule has 1 saturated heterocycles. The van der Waals surface area contributed by atoms with Crippen LogP contribution in [0.4, 0.5) is 4.79 Å². The summed E-state index contributed by atoms with van der Waals surface area (Å²) in [6.07, 6.45) is 3.12. The van der Waals surface area contributed by atoms with Crippen LogP contribution in [0.5, 0.6) is 5.75 Å². The largest absolute Gasteiger partial charge is 0.497 e. The van der Waals surface area contributed by atoms with Crippen LogP contribution in [0.3, 0.4) is 0 Å². The average molecular weight is 343 g/mol. The van der Waals surface area contributed by atoms with Gasteiger partial charge in [-0.1, -0.05) is 0 Å². The number of piperidine rings is 1. The molecule has 6 nitrogen and oxygen atoms in total. The Morgan fingerprint density at radius 2 is 1.92 bits per heavy atom. The summed E-state index contributed by atoms with van der Waals surface area (Å²) >= 11 is 0. The second-order valence-electron chi connectivity index (χ2n) is 7.38. The minimum absolute atomic E-state index is 0.233. The Hall–Kier alpha value is -2.37. The second-order valence-corrected chi connectivity index (χ2v) is 7.38. The molecule has 25 heavy (non-hydrogen) atoms. The van der Waals surface area contributed by atoms with Crippen LogP contribution in [0.2, 0.25) is 0 Å². The van der Waals surface area contributed by atoms with Crippen molar-refractivity contribution in [1.29, 1.82) is 0 Å². The van der Waals surface area contributed by atoms with Crippen LogP contribution in [0.15, 0.2) is 24.5 Å².